The first-order chi connectivity index (χ1) is 12.5. The normalized spacial score (nSPS) is 10.4. The number of rotatable bonds is 8. The van der Waals surface area contributed by atoms with E-state index in [1.54, 1.807) is 35.2 Å². The van der Waals surface area contributed by atoms with Crippen LogP contribution in [0.2, 0.25) is 5.02 Å². The topological polar surface area (TPSA) is 49.4 Å². The van der Waals surface area contributed by atoms with Crippen molar-refractivity contribution in [3.05, 3.63) is 70.5 Å². The third-order valence-electron chi connectivity index (χ3n) is 4.02. The third kappa shape index (κ3) is 6.48. The first-order valence-corrected chi connectivity index (χ1v) is 8.83. The zero-order chi connectivity index (χ0) is 18.9. The number of halogens is 2. The molecule has 2 aromatic rings. The highest BCUT2D eigenvalue weighted by Gasteiger charge is 2.12. The Morgan fingerprint density at radius 1 is 1.12 bits per heavy atom. The molecule has 0 unspecified atom stereocenters. The van der Waals surface area contributed by atoms with Crippen molar-refractivity contribution in [2.45, 2.75) is 26.3 Å². The SMILES string of the molecule is CC(=O)N(CCC(=O)NCCc1ccccc1F)Cc1ccc(Cl)cc1. The van der Waals surface area contributed by atoms with E-state index in [9.17, 15) is 14.0 Å². The molecule has 0 radical (unpaired) electrons. The van der Waals surface area contributed by atoms with Gasteiger partial charge in [-0.3, -0.25) is 9.59 Å². The van der Waals surface area contributed by atoms with Crippen molar-refractivity contribution in [1.29, 1.82) is 0 Å². The summed E-state index contributed by atoms with van der Waals surface area (Å²) < 4.78 is 13.5. The minimum atomic E-state index is -0.271. The Morgan fingerprint density at radius 2 is 1.81 bits per heavy atom. The van der Waals surface area contributed by atoms with Gasteiger partial charge in [0.2, 0.25) is 11.8 Å². The van der Waals surface area contributed by atoms with E-state index in [0.29, 0.717) is 36.6 Å². The van der Waals surface area contributed by atoms with Crippen LogP contribution in [0.3, 0.4) is 0 Å². The van der Waals surface area contributed by atoms with Gasteiger partial charge in [0.05, 0.1) is 0 Å². The van der Waals surface area contributed by atoms with Gasteiger partial charge in [0.15, 0.2) is 0 Å². The van der Waals surface area contributed by atoms with Gasteiger partial charge in [-0.2, -0.15) is 0 Å². The molecule has 0 aliphatic rings. The molecule has 0 aromatic heterocycles. The maximum absolute atomic E-state index is 13.5. The van der Waals surface area contributed by atoms with Gasteiger partial charge in [-0.15, -0.1) is 0 Å². The van der Waals surface area contributed by atoms with Crippen molar-refractivity contribution in [3.63, 3.8) is 0 Å². The number of hydrogen-bond acceptors (Lipinski definition) is 2. The number of benzene rings is 2. The molecule has 1 N–H and O–H groups in total. The predicted octanol–water partition coefficient (Wildman–Crippen LogP) is 3.58. The van der Waals surface area contributed by atoms with Crippen LogP contribution in [0.4, 0.5) is 4.39 Å². The monoisotopic (exact) mass is 376 g/mol. The van der Waals surface area contributed by atoms with E-state index in [0.717, 1.165) is 5.56 Å². The second-order valence-corrected chi connectivity index (χ2v) is 6.44. The van der Waals surface area contributed by atoms with Gasteiger partial charge >= 0.3 is 0 Å². The molecule has 0 aliphatic carbocycles. The fraction of sp³-hybridized carbons (Fsp3) is 0.300. The number of amides is 2. The van der Waals surface area contributed by atoms with E-state index >= 15 is 0 Å². The maximum Gasteiger partial charge on any atom is 0.221 e. The van der Waals surface area contributed by atoms with Gasteiger partial charge in [0.1, 0.15) is 5.82 Å². The van der Waals surface area contributed by atoms with Crippen molar-refractivity contribution >= 4 is 23.4 Å². The minimum absolute atomic E-state index is 0.0980. The molecule has 0 heterocycles. The van der Waals surface area contributed by atoms with Crippen LogP contribution in [-0.4, -0.2) is 29.8 Å². The summed E-state index contributed by atoms with van der Waals surface area (Å²) in [6.07, 6.45) is 0.629. The number of nitrogens with zero attached hydrogens (tertiary/aromatic N) is 1. The summed E-state index contributed by atoms with van der Waals surface area (Å²) in [6, 6.07) is 13.7. The third-order valence-corrected chi connectivity index (χ3v) is 4.27. The van der Waals surface area contributed by atoms with E-state index in [-0.39, 0.29) is 24.1 Å². The van der Waals surface area contributed by atoms with E-state index in [1.807, 2.05) is 12.1 Å². The van der Waals surface area contributed by atoms with Gasteiger partial charge in [0.25, 0.3) is 0 Å². The van der Waals surface area contributed by atoms with Gasteiger partial charge < -0.3 is 10.2 Å². The lowest BCUT2D eigenvalue weighted by molar-refractivity contribution is -0.130. The molecule has 2 rings (SSSR count). The molecule has 0 saturated heterocycles. The highest BCUT2D eigenvalue weighted by molar-refractivity contribution is 6.30. The molecule has 0 bridgehead atoms. The van der Waals surface area contributed by atoms with Crippen LogP contribution in [0.1, 0.15) is 24.5 Å². The van der Waals surface area contributed by atoms with Crippen LogP contribution < -0.4 is 5.32 Å². The van der Waals surface area contributed by atoms with Crippen LogP contribution in [0.25, 0.3) is 0 Å². The molecule has 0 spiro atoms. The summed E-state index contributed by atoms with van der Waals surface area (Å²) in [5.74, 6) is -0.532. The van der Waals surface area contributed by atoms with E-state index in [2.05, 4.69) is 5.32 Å². The Morgan fingerprint density at radius 3 is 2.46 bits per heavy atom. The minimum Gasteiger partial charge on any atom is -0.356 e. The van der Waals surface area contributed by atoms with Crippen LogP contribution in [0.5, 0.6) is 0 Å². The van der Waals surface area contributed by atoms with Gasteiger partial charge in [-0.05, 0) is 35.7 Å². The molecule has 0 atom stereocenters. The summed E-state index contributed by atoms with van der Waals surface area (Å²) in [4.78, 5) is 25.4. The Balaban J connectivity index is 1.77. The lowest BCUT2D eigenvalue weighted by Crippen LogP contribution is -2.34. The maximum atomic E-state index is 13.5. The summed E-state index contributed by atoms with van der Waals surface area (Å²) in [5, 5.41) is 3.40. The summed E-state index contributed by atoms with van der Waals surface area (Å²) >= 11 is 5.86. The average Bonchev–Trinajstić information content (AvgIpc) is 2.61. The molecular weight excluding hydrogens is 355 g/mol. The molecule has 26 heavy (non-hydrogen) atoms. The number of hydrogen-bond donors (Lipinski definition) is 1. The van der Waals surface area contributed by atoms with Gasteiger partial charge in [0, 0.05) is 38.0 Å². The van der Waals surface area contributed by atoms with E-state index in [1.165, 1.54) is 13.0 Å². The van der Waals surface area contributed by atoms with E-state index < -0.39 is 0 Å². The molecule has 138 valence electrons. The second-order valence-electron chi connectivity index (χ2n) is 6.01. The predicted molar refractivity (Wildman–Crippen MR) is 100 cm³/mol. The zero-order valence-electron chi connectivity index (χ0n) is 14.7. The summed E-state index contributed by atoms with van der Waals surface area (Å²) in [7, 11) is 0. The van der Waals surface area contributed by atoms with Crippen LogP contribution in [0.15, 0.2) is 48.5 Å². The molecule has 2 aromatic carbocycles. The summed E-state index contributed by atoms with van der Waals surface area (Å²) in [6.45, 7) is 2.58. The standard InChI is InChI=1S/C20H22ClFN2O2/c1-15(25)24(14-16-6-8-18(21)9-7-16)13-11-20(26)23-12-10-17-4-2-3-5-19(17)22/h2-9H,10-14H2,1H3,(H,23,26). The number of carbonyl (C=O) groups excluding carboxylic acids is 2. The first kappa shape index (κ1) is 19.9. The fourth-order valence-corrected chi connectivity index (χ4v) is 2.65. The van der Waals surface area contributed by atoms with Gasteiger partial charge in [-0.1, -0.05) is 41.9 Å². The molecule has 0 saturated carbocycles. The van der Waals surface area contributed by atoms with Crippen molar-refractivity contribution in [3.8, 4) is 0 Å². The number of nitrogens with one attached hydrogen (secondary N) is 1. The molecule has 4 nitrogen and oxygen atoms in total. The van der Waals surface area contributed by atoms with E-state index in [4.69, 9.17) is 11.6 Å². The summed E-state index contributed by atoms with van der Waals surface area (Å²) in [5.41, 5.74) is 1.52. The Hall–Kier alpha value is -2.40. The molecule has 2 amide bonds. The largest absolute Gasteiger partial charge is 0.356 e. The lowest BCUT2D eigenvalue weighted by Gasteiger charge is -2.21. The Bertz CT molecular complexity index is 750. The quantitative estimate of drug-likeness (QED) is 0.765. The highest BCUT2D eigenvalue weighted by Crippen LogP contribution is 2.12. The van der Waals surface area contributed by atoms with Crippen molar-refractivity contribution in [2.75, 3.05) is 13.1 Å². The van der Waals surface area contributed by atoms with Crippen molar-refractivity contribution in [1.82, 2.24) is 10.2 Å². The zero-order valence-corrected chi connectivity index (χ0v) is 15.4. The van der Waals surface area contributed by atoms with Crippen molar-refractivity contribution in [2.24, 2.45) is 0 Å². The second kappa shape index (κ2) is 9.92. The molecule has 0 aliphatic heterocycles. The van der Waals surface area contributed by atoms with Crippen molar-refractivity contribution < 1.29 is 14.0 Å². The van der Waals surface area contributed by atoms with Crippen LogP contribution in [0, 0.1) is 5.82 Å². The molecular formula is C20H22ClFN2O2. The average molecular weight is 377 g/mol. The van der Waals surface area contributed by atoms with Crippen LogP contribution in [-0.2, 0) is 22.6 Å². The smallest absolute Gasteiger partial charge is 0.221 e. The Labute approximate surface area is 158 Å². The lowest BCUT2D eigenvalue weighted by atomic mass is 10.1. The van der Waals surface area contributed by atoms with Gasteiger partial charge in [-0.25, -0.2) is 4.39 Å². The number of carbonyl (C=O) groups is 2. The molecule has 0 fully saturated rings. The molecule has 6 heteroatoms. The highest BCUT2D eigenvalue weighted by atomic mass is 35.5. The Kier molecular flexibility index (Phi) is 7.60. The first-order valence-electron chi connectivity index (χ1n) is 8.46. The fourth-order valence-electron chi connectivity index (χ4n) is 2.52. The van der Waals surface area contributed by atoms with Crippen LogP contribution >= 0.6 is 11.6 Å².